The van der Waals surface area contributed by atoms with Gasteiger partial charge in [0.1, 0.15) is 18.1 Å². The third kappa shape index (κ3) is 10.8. The number of nitrogens with one attached hydrogen (secondary N) is 5. The van der Waals surface area contributed by atoms with Gasteiger partial charge in [-0.05, 0) is 33.1 Å². The van der Waals surface area contributed by atoms with Crippen LogP contribution in [0.3, 0.4) is 0 Å². The lowest BCUT2D eigenvalue weighted by Crippen LogP contribution is -2.55. The highest BCUT2D eigenvalue weighted by molar-refractivity contribution is 5.93. The van der Waals surface area contributed by atoms with Crippen LogP contribution in [-0.4, -0.2) is 61.3 Å². The van der Waals surface area contributed by atoms with Crippen molar-refractivity contribution in [2.24, 2.45) is 0 Å². The Morgan fingerprint density at radius 3 is 1.85 bits per heavy atom. The van der Waals surface area contributed by atoms with Crippen molar-refractivity contribution in [1.82, 2.24) is 26.6 Å². The van der Waals surface area contributed by atoms with Crippen molar-refractivity contribution in [1.29, 1.82) is 0 Å². The predicted octanol–water partition coefficient (Wildman–Crippen LogP) is -1.45. The van der Waals surface area contributed by atoms with Crippen molar-refractivity contribution in [3.63, 3.8) is 0 Å². The normalized spacial score (nSPS) is 13.5. The smallest absolute Gasteiger partial charge is 0.243 e. The Labute approximate surface area is 159 Å². The molecule has 0 saturated heterocycles. The number of carbonyl (C=O) groups excluding carboxylic acids is 5. The van der Waals surface area contributed by atoms with E-state index in [1.165, 1.54) is 34.7 Å². The maximum absolute atomic E-state index is 12.5. The number of likely N-dealkylation sites (N-methyl/N-ethyl adjacent to an activating group) is 1. The van der Waals surface area contributed by atoms with Gasteiger partial charge in [0.2, 0.25) is 29.5 Å². The van der Waals surface area contributed by atoms with E-state index in [2.05, 4.69) is 26.6 Å². The zero-order valence-corrected chi connectivity index (χ0v) is 16.6. The molecule has 27 heavy (non-hydrogen) atoms. The molecule has 0 spiro atoms. The predicted molar refractivity (Wildman–Crippen MR) is 99.4 cm³/mol. The highest BCUT2D eigenvalue weighted by Crippen LogP contribution is 2.03. The molecule has 154 valence electrons. The first-order valence-corrected chi connectivity index (χ1v) is 8.92. The summed E-state index contributed by atoms with van der Waals surface area (Å²) in [6, 6.07) is -2.42. The third-order valence-electron chi connectivity index (χ3n) is 3.74. The minimum absolute atomic E-state index is 0.138. The maximum atomic E-state index is 12.5. The second kappa shape index (κ2) is 12.7. The largest absolute Gasteiger partial charge is 0.357 e. The van der Waals surface area contributed by atoms with Gasteiger partial charge in [-0.1, -0.05) is 0 Å². The molecule has 0 aromatic rings. The van der Waals surface area contributed by atoms with Gasteiger partial charge < -0.3 is 26.6 Å². The summed E-state index contributed by atoms with van der Waals surface area (Å²) in [4.78, 5) is 58.2. The Morgan fingerprint density at radius 1 is 0.741 bits per heavy atom. The van der Waals surface area contributed by atoms with Crippen LogP contribution in [0.2, 0.25) is 0 Å². The summed E-state index contributed by atoms with van der Waals surface area (Å²) in [5, 5.41) is 12.7. The van der Waals surface area contributed by atoms with Crippen LogP contribution in [0.1, 0.15) is 47.0 Å². The molecular formula is C17H31N5O5. The first kappa shape index (κ1) is 24.4. The van der Waals surface area contributed by atoms with E-state index >= 15 is 0 Å². The lowest BCUT2D eigenvalue weighted by atomic mass is 10.1. The van der Waals surface area contributed by atoms with Crippen molar-refractivity contribution >= 4 is 29.5 Å². The van der Waals surface area contributed by atoms with Gasteiger partial charge in [0, 0.05) is 27.4 Å². The van der Waals surface area contributed by atoms with Crippen LogP contribution < -0.4 is 26.6 Å². The fraction of sp³-hybridized carbons (Fsp3) is 0.706. The minimum atomic E-state index is -0.863. The van der Waals surface area contributed by atoms with Crippen LogP contribution in [0.5, 0.6) is 0 Å². The summed E-state index contributed by atoms with van der Waals surface area (Å²) < 4.78 is 0. The Hall–Kier alpha value is -2.65. The Bertz CT molecular complexity index is 552. The molecule has 0 rings (SSSR count). The molecule has 0 radical (unpaired) electrons. The van der Waals surface area contributed by atoms with Gasteiger partial charge in [0.25, 0.3) is 0 Å². The average molecular weight is 385 g/mol. The molecule has 5 N–H and O–H groups in total. The lowest BCUT2D eigenvalue weighted by molar-refractivity contribution is -0.133. The van der Waals surface area contributed by atoms with Gasteiger partial charge in [0.15, 0.2) is 0 Å². The molecule has 3 atom stereocenters. The summed E-state index contributed by atoms with van der Waals surface area (Å²) in [7, 11) is 1.46. The topological polar surface area (TPSA) is 146 Å². The molecule has 0 aromatic heterocycles. The third-order valence-corrected chi connectivity index (χ3v) is 3.74. The number of rotatable bonds is 11. The molecular weight excluding hydrogens is 354 g/mol. The number of hydrogen-bond acceptors (Lipinski definition) is 5. The molecule has 0 unspecified atom stereocenters. The van der Waals surface area contributed by atoms with Crippen LogP contribution in [0.15, 0.2) is 0 Å². The fourth-order valence-electron chi connectivity index (χ4n) is 2.27. The summed E-state index contributed by atoms with van der Waals surface area (Å²) in [5.74, 6) is -1.84. The van der Waals surface area contributed by atoms with Crippen LogP contribution in [0, 0.1) is 0 Å². The monoisotopic (exact) mass is 385 g/mol. The zero-order valence-electron chi connectivity index (χ0n) is 16.6. The minimum Gasteiger partial charge on any atom is -0.357 e. The van der Waals surface area contributed by atoms with E-state index in [9.17, 15) is 24.0 Å². The first-order valence-electron chi connectivity index (χ1n) is 8.92. The van der Waals surface area contributed by atoms with Crippen molar-refractivity contribution in [3.05, 3.63) is 0 Å². The number of carbonyl (C=O) groups is 5. The number of unbranched alkanes of at least 4 members (excludes halogenated alkanes) is 1. The van der Waals surface area contributed by atoms with E-state index in [0.717, 1.165) is 0 Å². The molecule has 0 heterocycles. The average Bonchev–Trinajstić information content (AvgIpc) is 2.58. The van der Waals surface area contributed by atoms with Gasteiger partial charge in [-0.2, -0.15) is 0 Å². The van der Waals surface area contributed by atoms with E-state index in [1.807, 2.05) is 0 Å². The molecule has 0 aromatic carbocycles. The van der Waals surface area contributed by atoms with E-state index < -0.39 is 29.9 Å². The van der Waals surface area contributed by atoms with E-state index in [4.69, 9.17) is 0 Å². The summed E-state index contributed by atoms with van der Waals surface area (Å²) in [6.07, 6.45) is 1.53. The van der Waals surface area contributed by atoms with Crippen LogP contribution >= 0.6 is 0 Å². The van der Waals surface area contributed by atoms with Crippen molar-refractivity contribution in [3.8, 4) is 0 Å². The fourth-order valence-corrected chi connectivity index (χ4v) is 2.27. The quantitative estimate of drug-likeness (QED) is 0.276. The molecule has 0 bridgehead atoms. The standard InChI is InChI=1S/C17H31N5O5/c1-10(15(25)18-5)21-17(27)14(8-6-7-9-19-12(3)23)22-16(26)11(2)20-13(4)24/h10-11,14H,6-9H2,1-5H3,(H,18,25)(H,19,23)(H,20,24)(H,21,27)(H,22,26)/t10-,11-,14-/m0/s1. The van der Waals surface area contributed by atoms with Crippen molar-refractivity contribution in [2.75, 3.05) is 13.6 Å². The summed E-state index contributed by atoms with van der Waals surface area (Å²) >= 11 is 0. The SMILES string of the molecule is CNC(=O)[C@H](C)NC(=O)[C@H](CCCCNC(C)=O)NC(=O)[C@H](C)NC(C)=O. The molecule has 0 aliphatic heterocycles. The van der Waals surface area contributed by atoms with Crippen molar-refractivity contribution < 1.29 is 24.0 Å². The second-order valence-corrected chi connectivity index (χ2v) is 6.31. The van der Waals surface area contributed by atoms with E-state index in [-0.39, 0.29) is 17.7 Å². The van der Waals surface area contributed by atoms with Crippen molar-refractivity contribution in [2.45, 2.75) is 65.1 Å². The molecule has 10 nitrogen and oxygen atoms in total. The summed E-state index contributed by atoms with van der Waals surface area (Å²) in [5.41, 5.74) is 0. The highest BCUT2D eigenvalue weighted by atomic mass is 16.2. The molecule has 0 aliphatic rings. The van der Waals surface area contributed by atoms with Crippen LogP contribution in [0.25, 0.3) is 0 Å². The van der Waals surface area contributed by atoms with Gasteiger partial charge in [-0.25, -0.2) is 0 Å². The molecule has 10 heteroatoms. The highest BCUT2D eigenvalue weighted by Gasteiger charge is 2.25. The van der Waals surface area contributed by atoms with Gasteiger partial charge in [-0.15, -0.1) is 0 Å². The zero-order chi connectivity index (χ0) is 21.0. The number of amides is 5. The molecule has 0 aliphatic carbocycles. The molecule has 0 fully saturated rings. The maximum Gasteiger partial charge on any atom is 0.243 e. The number of hydrogen-bond donors (Lipinski definition) is 5. The van der Waals surface area contributed by atoms with Crippen LogP contribution in [0.4, 0.5) is 0 Å². The Morgan fingerprint density at radius 2 is 1.33 bits per heavy atom. The van der Waals surface area contributed by atoms with E-state index in [0.29, 0.717) is 25.8 Å². The Balaban J connectivity index is 4.84. The van der Waals surface area contributed by atoms with Gasteiger partial charge in [0.05, 0.1) is 0 Å². The first-order chi connectivity index (χ1) is 12.6. The molecule has 5 amide bonds. The molecule has 0 saturated carbocycles. The summed E-state index contributed by atoms with van der Waals surface area (Å²) in [6.45, 7) is 6.22. The van der Waals surface area contributed by atoms with E-state index in [1.54, 1.807) is 0 Å². The lowest BCUT2D eigenvalue weighted by Gasteiger charge is -2.22. The van der Waals surface area contributed by atoms with Gasteiger partial charge in [-0.3, -0.25) is 24.0 Å². The van der Waals surface area contributed by atoms with Crippen LogP contribution in [-0.2, 0) is 24.0 Å². The Kier molecular flexibility index (Phi) is 11.4. The van der Waals surface area contributed by atoms with Gasteiger partial charge >= 0.3 is 0 Å². The second-order valence-electron chi connectivity index (χ2n) is 6.31.